The zero-order valence-electron chi connectivity index (χ0n) is 19.7. The van der Waals surface area contributed by atoms with E-state index >= 15 is 0 Å². The van der Waals surface area contributed by atoms with Crippen molar-refractivity contribution in [2.24, 2.45) is 5.92 Å². The van der Waals surface area contributed by atoms with Crippen LogP contribution in [0.25, 0.3) is 0 Å². The molecule has 0 aliphatic carbocycles. The van der Waals surface area contributed by atoms with Gasteiger partial charge in [0.2, 0.25) is 17.7 Å². The van der Waals surface area contributed by atoms with Crippen LogP contribution in [0.1, 0.15) is 52.9 Å². The van der Waals surface area contributed by atoms with Crippen molar-refractivity contribution in [1.82, 2.24) is 15.1 Å². The molecule has 1 N–H and O–H groups in total. The Kier molecular flexibility index (Phi) is 6.72. The van der Waals surface area contributed by atoms with Gasteiger partial charge in [-0.2, -0.15) is 0 Å². The molecule has 0 bridgehead atoms. The van der Waals surface area contributed by atoms with Crippen molar-refractivity contribution in [2.75, 3.05) is 18.0 Å². The van der Waals surface area contributed by atoms with E-state index in [1.807, 2.05) is 44.2 Å². The summed E-state index contributed by atoms with van der Waals surface area (Å²) in [5, 5.41) is 2.94. The Morgan fingerprint density at radius 2 is 1.48 bits per heavy atom. The number of rotatable bonds is 3. The standard InChI is InChI=1S/C25H34N4O4/c1-16(2)15-19-24(32)28-14-8-12-21(28)25(33)29(18-9-5-4-6-10-18)17(3)23(31)27-13-7-11-20(27)22(30)26-19/h4-6,9-10,16-17,19-21H,7-8,11-15H2,1-3H3,(H,26,30). The molecule has 8 heteroatoms. The summed E-state index contributed by atoms with van der Waals surface area (Å²) in [4.78, 5) is 59.1. The maximum atomic E-state index is 13.9. The molecule has 4 rings (SSSR count). The van der Waals surface area contributed by atoms with Gasteiger partial charge in [-0.1, -0.05) is 32.0 Å². The Hall–Kier alpha value is -2.90. The fourth-order valence-corrected chi connectivity index (χ4v) is 5.39. The van der Waals surface area contributed by atoms with Crippen LogP contribution in [0.4, 0.5) is 5.69 Å². The van der Waals surface area contributed by atoms with Crippen molar-refractivity contribution in [1.29, 1.82) is 0 Å². The van der Waals surface area contributed by atoms with Crippen molar-refractivity contribution in [3.8, 4) is 0 Å². The Morgan fingerprint density at radius 3 is 2.12 bits per heavy atom. The smallest absolute Gasteiger partial charge is 0.250 e. The van der Waals surface area contributed by atoms with Gasteiger partial charge in [0, 0.05) is 18.8 Å². The Labute approximate surface area is 195 Å². The second-order valence-electron chi connectivity index (χ2n) is 9.79. The lowest BCUT2D eigenvalue weighted by Gasteiger charge is -2.38. The second-order valence-corrected chi connectivity index (χ2v) is 9.79. The molecule has 4 unspecified atom stereocenters. The van der Waals surface area contributed by atoms with Crippen LogP contribution in [0.5, 0.6) is 0 Å². The van der Waals surface area contributed by atoms with E-state index in [1.54, 1.807) is 16.7 Å². The molecule has 3 saturated heterocycles. The minimum absolute atomic E-state index is 0.186. The summed E-state index contributed by atoms with van der Waals surface area (Å²) in [6, 6.07) is 6.39. The van der Waals surface area contributed by atoms with E-state index in [1.165, 1.54) is 4.90 Å². The number of hydrogen-bond donors (Lipinski definition) is 1. The summed E-state index contributed by atoms with van der Waals surface area (Å²) < 4.78 is 0. The van der Waals surface area contributed by atoms with Crippen LogP contribution in [0.2, 0.25) is 0 Å². The molecule has 4 amide bonds. The van der Waals surface area contributed by atoms with Gasteiger partial charge < -0.3 is 15.1 Å². The van der Waals surface area contributed by atoms with Gasteiger partial charge in [0.25, 0.3) is 5.91 Å². The van der Waals surface area contributed by atoms with Crippen LogP contribution in [0.3, 0.4) is 0 Å². The summed E-state index contributed by atoms with van der Waals surface area (Å²) in [6.07, 6.45) is 3.01. The molecule has 0 saturated carbocycles. The molecule has 3 aliphatic rings. The molecule has 0 radical (unpaired) electrons. The number of para-hydroxylation sites is 1. The van der Waals surface area contributed by atoms with Crippen molar-refractivity contribution < 1.29 is 19.2 Å². The van der Waals surface area contributed by atoms with Gasteiger partial charge in [0.15, 0.2) is 0 Å². The highest BCUT2D eigenvalue weighted by Gasteiger charge is 2.45. The third-order valence-corrected chi connectivity index (χ3v) is 7.00. The van der Waals surface area contributed by atoms with Crippen LogP contribution >= 0.6 is 0 Å². The van der Waals surface area contributed by atoms with Crippen LogP contribution in [-0.4, -0.2) is 70.7 Å². The second kappa shape index (κ2) is 9.53. The molecule has 0 spiro atoms. The third kappa shape index (κ3) is 4.48. The first-order valence-electron chi connectivity index (χ1n) is 12.1. The van der Waals surface area contributed by atoms with E-state index in [9.17, 15) is 19.2 Å². The predicted molar refractivity (Wildman–Crippen MR) is 124 cm³/mol. The van der Waals surface area contributed by atoms with Crippen LogP contribution in [0.15, 0.2) is 30.3 Å². The zero-order valence-corrected chi connectivity index (χ0v) is 19.7. The van der Waals surface area contributed by atoms with Gasteiger partial charge in [-0.3, -0.25) is 24.1 Å². The molecular formula is C25H34N4O4. The van der Waals surface area contributed by atoms with E-state index in [-0.39, 0.29) is 29.5 Å². The average molecular weight is 455 g/mol. The van der Waals surface area contributed by atoms with E-state index in [0.29, 0.717) is 50.9 Å². The van der Waals surface area contributed by atoms with Gasteiger partial charge >= 0.3 is 0 Å². The van der Waals surface area contributed by atoms with Crippen LogP contribution in [-0.2, 0) is 19.2 Å². The maximum absolute atomic E-state index is 13.9. The lowest BCUT2D eigenvalue weighted by Crippen LogP contribution is -2.61. The molecule has 3 heterocycles. The first-order chi connectivity index (χ1) is 15.8. The highest BCUT2D eigenvalue weighted by Crippen LogP contribution is 2.29. The number of fused-ring (bicyclic) bond motifs is 2. The minimum atomic E-state index is -0.781. The van der Waals surface area contributed by atoms with Gasteiger partial charge in [-0.05, 0) is 57.1 Å². The molecular weight excluding hydrogens is 420 g/mol. The zero-order chi connectivity index (χ0) is 23.7. The number of carbonyl (C=O) groups excluding carboxylic acids is 4. The predicted octanol–water partition coefficient (Wildman–Crippen LogP) is 1.93. The van der Waals surface area contributed by atoms with Gasteiger partial charge in [-0.15, -0.1) is 0 Å². The minimum Gasteiger partial charge on any atom is -0.342 e. The molecule has 3 aliphatic heterocycles. The molecule has 1 aromatic rings. The van der Waals surface area contributed by atoms with E-state index in [2.05, 4.69) is 5.32 Å². The quantitative estimate of drug-likeness (QED) is 0.756. The highest BCUT2D eigenvalue weighted by atomic mass is 16.2. The van der Waals surface area contributed by atoms with Crippen molar-refractivity contribution in [2.45, 2.75) is 77.0 Å². The van der Waals surface area contributed by atoms with E-state index in [4.69, 9.17) is 0 Å². The Morgan fingerprint density at radius 1 is 0.879 bits per heavy atom. The Bertz CT molecular complexity index is 918. The molecule has 3 fully saturated rings. The van der Waals surface area contributed by atoms with Crippen LogP contribution in [0, 0.1) is 5.92 Å². The number of anilines is 1. The number of amides is 4. The fourth-order valence-electron chi connectivity index (χ4n) is 5.39. The first kappa shape index (κ1) is 23.3. The normalized spacial score (nSPS) is 29.0. The fraction of sp³-hybridized carbons (Fsp3) is 0.600. The van der Waals surface area contributed by atoms with Crippen molar-refractivity contribution in [3.05, 3.63) is 30.3 Å². The van der Waals surface area contributed by atoms with E-state index < -0.39 is 24.2 Å². The SMILES string of the molecule is CC(C)CC1NC(=O)C2CCCN2C(=O)C(C)N(c2ccccc2)C(=O)C2CCCN2C1=O. The molecule has 0 aromatic heterocycles. The molecule has 4 atom stereocenters. The molecule has 33 heavy (non-hydrogen) atoms. The molecule has 1 aromatic carbocycles. The summed E-state index contributed by atoms with van der Waals surface area (Å²) in [6.45, 7) is 6.67. The van der Waals surface area contributed by atoms with Gasteiger partial charge in [0.1, 0.15) is 24.2 Å². The molecule has 8 nitrogen and oxygen atoms in total. The highest BCUT2D eigenvalue weighted by molar-refractivity contribution is 6.06. The third-order valence-electron chi connectivity index (χ3n) is 7.00. The monoisotopic (exact) mass is 454 g/mol. The maximum Gasteiger partial charge on any atom is 0.250 e. The largest absolute Gasteiger partial charge is 0.342 e. The topological polar surface area (TPSA) is 90.0 Å². The summed E-state index contributed by atoms with van der Waals surface area (Å²) >= 11 is 0. The molecule has 178 valence electrons. The summed E-state index contributed by atoms with van der Waals surface area (Å²) in [7, 11) is 0. The van der Waals surface area contributed by atoms with Crippen molar-refractivity contribution in [3.63, 3.8) is 0 Å². The lowest BCUT2D eigenvalue weighted by atomic mass is 10.0. The van der Waals surface area contributed by atoms with Crippen molar-refractivity contribution >= 4 is 29.3 Å². The van der Waals surface area contributed by atoms with Gasteiger partial charge in [-0.25, -0.2) is 0 Å². The number of nitrogens with zero attached hydrogens (tertiary/aromatic N) is 3. The number of hydrogen-bond acceptors (Lipinski definition) is 4. The summed E-state index contributed by atoms with van der Waals surface area (Å²) in [5.41, 5.74) is 0.624. The number of carbonyl (C=O) groups is 4. The Balaban J connectivity index is 1.79. The van der Waals surface area contributed by atoms with E-state index in [0.717, 1.165) is 0 Å². The summed E-state index contributed by atoms with van der Waals surface area (Å²) in [5.74, 6) is -0.766. The lowest BCUT2D eigenvalue weighted by molar-refractivity contribution is -0.145. The van der Waals surface area contributed by atoms with Crippen LogP contribution < -0.4 is 10.2 Å². The number of nitrogens with one attached hydrogen (secondary N) is 1. The average Bonchev–Trinajstić information content (AvgIpc) is 3.47. The first-order valence-corrected chi connectivity index (χ1v) is 12.1. The van der Waals surface area contributed by atoms with Gasteiger partial charge in [0.05, 0.1) is 0 Å². The number of benzene rings is 1.